The zero-order valence-corrected chi connectivity index (χ0v) is 8.08. The molecule has 11 heavy (non-hydrogen) atoms. The van der Waals surface area contributed by atoms with Gasteiger partial charge >= 0.3 is 0 Å². The quantitative estimate of drug-likeness (QED) is 0.547. The number of hydrogen-bond acceptors (Lipinski definition) is 0. The largest absolute Gasteiger partial charge is 0.244 e. The van der Waals surface area contributed by atoms with Gasteiger partial charge in [-0.15, -0.1) is 6.58 Å². The van der Waals surface area contributed by atoms with Gasteiger partial charge in [-0.3, -0.25) is 0 Å². The van der Waals surface area contributed by atoms with Crippen LogP contribution in [-0.2, 0) is 0 Å². The molecule has 1 heteroatoms. The molecule has 0 nitrogen and oxygen atoms in total. The van der Waals surface area contributed by atoms with Crippen LogP contribution in [0.2, 0.25) is 0 Å². The fourth-order valence-corrected chi connectivity index (χ4v) is 0.806. The average Bonchev–Trinajstić information content (AvgIpc) is 1.80. The summed E-state index contributed by atoms with van der Waals surface area (Å²) in [6.07, 6.45) is 1.84. The standard InChI is InChI=1S/C10H19F/c1-8(2)6-7-9(3)10(4,5)11/h9H,1,6-7H2,2-5H3. The van der Waals surface area contributed by atoms with E-state index < -0.39 is 5.67 Å². The summed E-state index contributed by atoms with van der Waals surface area (Å²) in [5, 5.41) is 0. The van der Waals surface area contributed by atoms with Crippen molar-refractivity contribution in [3.05, 3.63) is 12.2 Å². The van der Waals surface area contributed by atoms with Crippen LogP contribution in [0.5, 0.6) is 0 Å². The van der Waals surface area contributed by atoms with Crippen LogP contribution in [0.15, 0.2) is 12.2 Å². The normalized spacial score (nSPS) is 14.6. The summed E-state index contributed by atoms with van der Waals surface area (Å²) >= 11 is 0. The number of alkyl halides is 1. The highest BCUT2D eigenvalue weighted by molar-refractivity contribution is 4.89. The summed E-state index contributed by atoms with van der Waals surface area (Å²) in [5.74, 6) is 0.124. The highest BCUT2D eigenvalue weighted by Gasteiger charge is 2.23. The van der Waals surface area contributed by atoms with Crippen LogP contribution in [0.25, 0.3) is 0 Å². The Labute approximate surface area is 69.5 Å². The lowest BCUT2D eigenvalue weighted by Gasteiger charge is -2.22. The SMILES string of the molecule is C=C(C)CCC(C)C(C)(C)F. The summed E-state index contributed by atoms with van der Waals surface area (Å²) in [6.45, 7) is 11.0. The minimum absolute atomic E-state index is 0.124. The van der Waals surface area contributed by atoms with Crippen molar-refractivity contribution in [2.24, 2.45) is 5.92 Å². The first kappa shape index (κ1) is 10.7. The fraction of sp³-hybridized carbons (Fsp3) is 0.800. The van der Waals surface area contributed by atoms with Gasteiger partial charge in [0.15, 0.2) is 0 Å². The van der Waals surface area contributed by atoms with Crippen LogP contribution >= 0.6 is 0 Å². The smallest absolute Gasteiger partial charge is 0.108 e. The van der Waals surface area contributed by atoms with Gasteiger partial charge in [-0.1, -0.05) is 12.5 Å². The van der Waals surface area contributed by atoms with E-state index in [-0.39, 0.29) is 5.92 Å². The van der Waals surface area contributed by atoms with Gasteiger partial charge in [0.05, 0.1) is 0 Å². The molecule has 0 fully saturated rings. The van der Waals surface area contributed by atoms with Gasteiger partial charge in [0.2, 0.25) is 0 Å². The molecular weight excluding hydrogens is 139 g/mol. The molecule has 0 saturated carbocycles. The van der Waals surface area contributed by atoms with E-state index in [2.05, 4.69) is 6.58 Å². The Hall–Kier alpha value is -0.330. The molecule has 0 rings (SSSR count). The molecule has 1 atom stereocenters. The van der Waals surface area contributed by atoms with Crippen molar-refractivity contribution < 1.29 is 4.39 Å². The lowest BCUT2D eigenvalue weighted by molar-refractivity contribution is 0.130. The van der Waals surface area contributed by atoms with E-state index in [0.717, 1.165) is 18.4 Å². The van der Waals surface area contributed by atoms with Crippen LogP contribution < -0.4 is 0 Å². The molecule has 0 aliphatic heterocycles. The van der Waals surface area contributed by atoms with Gasteiger partial charge < -0.3 is 0 Å². The summed E-state index contributed by atoms with van der Waals surface area (Å²) in [5.41, 5.74) is 0.0937. The average molecular weight is 158 g/mol. The molecule has 0 aliphatic carbocycles. The molecule has 0 aromatic heterocycles. The third-order valence-corrected chi connectivity index (χ3v) is 2.18. The topological polar surface area (TPSA) is 0 Å². The van der Waals surface area contributed by atoms with Crippen molar-refractivity contribution >= 4 is 0 Å². The zero-order valence-electron chi connectivity index (χ0n) is 8.08. The molecule has 0 aliphatic rings. The Kier molecular flexibility index (Phi) is 3.77. The van der Waals surface area contributed by atoms with Crippen LogP contribution in [0.3, 0.4) is 0 Å². The van der Waals surface area contributed by atoms with Crippen molar-refractivity contribution in [3.63, 3.8) is 0 Å². The second kappa shape index (κ2) is 3.89. The molecule has 0 aromatic rings. The monoisotopic (exact) mass is 158 g/mol. The van der Waals surface area contributed by atoms with Gasteiger partial charge in [-0.05, 0) is 39.5 Å². The molecule has 0 radical (unpaired) electrons. The Morgan fingerprint density at radius 3 is 2.27 bits per heavy atom. The van der Waals surface area contributed by atoms with E-state index in [1.807, 2.05) is 13.8 Å². The molecule has 0 saturated heterocycles. The van der Waals surface area contributed by atoms with E-state index in [1.165, 1.54) is 0 Å². The Bertz CT molecular complexity index is 130. The first-order chi connectivity index (χ1) is 4.84. The van der Waals surface area contributed by atoms with Crippen molar-refractivity contribution in [1.82, 2.24) is 0 Å². The maximum Gasteiger partial charge on any atom is 0.108 e. The van der Waals surface area contributed by atoms with E-state index in [0.29, 0.717) is 0 Å². The lowest BCUT2D eigenvalue weighted by atomic mass is 9.89. The molecule has 0 N–H and O–H groups in total. The van der Waals surface area contributed by atoms with Crippen LogP contribution in [0.4, 0.5) is 4.39 Å². The first-order valence-electron chi connectivity index (χ1n) is 4.17. The summed E-state index contributed by atoms with van der Waals surface area (Å²) in [4.78, 5) is 0. The van der Waals surface area contributed by atoms with Crippen LogP contribution in [0, 0.1) is 5.92 Å². The second-order valence-electron chi connectivity index (χ2n) is 3.96. The minimum Gasteiger partial charge on any atom is -0.244 e. The van der Waals surface area contributed by atoms with E-state index in [1.54, 1.807) is 13.8 Å². The molecule has 0 bridgehead atoms. The van der Waals surface area contributed by atoms with Crippen LogP contribution in [-0.4, -0.2) is 5.67 Å². The van der Waals surface area contributed by atoms with Crippen LogP contribution in [0.1, 0.15) is 40.5 Å². The van der Waals surface area contributed by atoms with E-state index in [9.17, 15) is 4.39 Å². The van der Waals surface area contributed by atoms with Gasteiger partial charge in [-0.25, -0.2) is 4.39 Å². The molecular formula is C10H19F. The summed E-state index contributed by atoms with van der Waals surface area (Å²) in [7, 11) is 0. The predicted molar refractivity (Wildman–Crippen MR) is 48.4 cm³/mol. The van der Waals surface area contributed by atoms with Gasteiger partial charge in [0, 0.05) is 0 Å². The third kappa shape index (κ3) is 5.00. The molecule has 1 unspecified atom stereocenters. The van der Waals surface area contributed by atoms with E-state index >= 15 is 0 Å². The fourth-order valence-electron chi connectivity index (χ4n) is 0.806. The maximum absolute atomic E-state index is 13.2. The van der Waals surface area contributed by atoms with Crippen molar-refractivity contribution in [3.8, 4) is 0 Å². The van der Waals surface area contributed by atoms with Crippen molar-refractivity contribution in [2.75, 3.05) is 0 Å². The Morgan fingerprint density at radius 1 is 1.55 bits per heavy atom. The number of hydrogen-bond donors (Lipinski definition) is 0. The molecule has 0 heterocycles. The minimum atomic E-state index is -1.05. The van der Waals surface area contributed by atoms with Gasteiger partial charge in [-0.2, -0.15) is 0 Å². The summed E-state index contributed by atoms with van der Waals surface area (Å²) < 4.78 is 13.2. The van der Waals surface area contributed by atoms with Crippen molar-refractivity contribution in [2.45, 2.75) is 46.2 Å². The Balaban J connectivity index is 3.70. The molecule has 0 spiro atoms. The molecule has 0 aromatic carbocycles. The third-order valence-electron chi connectivity index (χ3n) is 2.18. The lowest BCUT2D eigenvalue weighted by Crippen LogP contribution is -2.22. The van der Waals surface area contributed by atoms with E-state index in [4.69, 9.17) is 0 Å². The second-order valence-corrected chi connectivity index (χ2v) is 3.96. The first-order valence-corrected chi connectivity index (χ1v) is 4.17. The zero-order chi connectivity index (χ0) is 9.07. The highest BCUT2D eigenvalue weighted by atomic mass is 19.1. The Morgan fingerprint density at radius 2 is 2.00 bits per heavy atom. The number of allylic oxidation sites excluding steroid dienone is 1. The van der Waals surface area contributed by atoms with Crippen molar-refractivity contribution in [1.29, 1.82) is 0 Å². The van der Waals surface area contributed by atoms with Gasteiger partial charge in [0.1, 0.15) is 5.67 Å². The van der Waals surface area contributed by atoms with Gasteiger partial charge in [0.25, 0.3) is 0 Å². The molecule has 66 valence electrons. The number of rotatable bonds is 4. The summed E-state index contributed by atoms with van der Waals surface area (Å²) in [6, 6.07) is 0. The maximum atomic E-state index is 13.2. The number of halogens is 1. The molecule has 0 amide bonds. The predicted octanol–water partition coefficient (Wildman–Crippen LogP) is 3.73. The highest BCUT2D eigenvalue weighted by Crippen LogP contribution is 2.25.